The highest BCUT2D eigenvalue weighted by molar-refractivity contribution is 7.99. The number of piperazine rings is 2. The van der Waals surface area contributed by atoms with E-state index in [-0.39, 0.29) is 139 Å². The van der Waals surface area contributed by atoms with Crippen LogP contribution in [0.5, 0.6) is 80.5 Å². The van der Waals surface area contributed by atoms with E-state index in [1.54, 1.807) is 31.4 Å². The van der Waals surface area contributed by atoms with Gasteiger partial charge in [-0.15, -0.1) is 30.1 Å². The van der Waals surface area contributed by atoms with Crippen LogP contribution < -0.4 is 63.3 Å². The number of nitriles is 2. The van der Waals surface area contributed by atoms with Gasteiger partial charge in [-0.2, -0.15) is 10.5 Å². The van der Waals surface area contributed by atoms with Gasteiger partial charge in [-0.3, -0.25) is 34.9 Å². The minimum atomic E-state index is -1.39. The van der Waals surface area contributed by atoms with Gasteiger partial charge >= 0.3 is 23.9 Å². The second-order valence-corrected chi connectivity index (χ2v) is 36.4. The molecular formula is C97H124N8O20S2. The Morgan fingerprint density at radius 1 is 0.551 bits per heavy atom. The number of carbonyl (C=O) groups is 4. The number of phenols is 4. The molecule has 28 nitrogen and oxygen atoms in total. The van der Waals surface area contributed by atoms with Crippen molar-refractivity contribution in [3.05, 3.63) is 138 Å². The number of phenolic OH excluding ortho intramolecular Hbond substituents is 4. The van der Waals surface area contributed by atoms with Gasteiger partial charge in [-0.05, 0) is 135 Å². The van der Waals surface area contributed by atoms with Crippen molar-refractivity contribution in [2.24, 2.45) is 0 Å². The fraction of sp³-hybridized carbons (Fsp3) is 0.546. The summed E-state index contributed by atoms with van der Waals surface area (Å²) in [5.74, 6) is 2.37. The molecule has 2 spiro atoms. The third kappa shape index (κ3) is 15.6. The average Bonchev–Trinajstić information content (AvgIpc) is 1.36. The lowest BCUT2D eigenvalue weighted by Gasteiger charge is -2.62. The molecule has 14 heterocycles. The van der Waals surface area contributed by atoms with Crippen LogP contribution in [0.25, 0.3) is 0 Å². The number of thioether (sulfide) groups is 2. The molecular weight excluding hydrogens is 1660 g/mol. The van der Waals surface area contributed by atoms with Gasteiger partial charge in [0.1, 0.15) is 36.8 Å². The van der Waals surface area contributed by atoms with E-state index in [2.05, 4.69) is 69.3 Å². The van der Waals surface area contributed by atoms with E-state index in [1.165, 1.54) is 44.9 Å². The quantitative estimate of drug-likeness (QED) is 0.0162. The SMILES string of the molecule is C.C.C.C.C=CCN1[C@@H]2c3c(cc(C)c(OC)c3O)C[C@H]1[C@H](C#N)N1C2[C@@H]2SC[C@]3(NCCc4cc(O)c(OC)cc43)C(=O)OC[C@H]1c1c3c(c(C)c(OC(=O)CCCCCCC)c12)OCO3.CCCCCCCC(=O)Oc1c(C)c2c(c3c1[C@H]1SC[C@]4(NCCc5cc(O)c(OC)cc54)C(=O)OC[C@@H]3N3C1[C@@H]1N[C@@H](Cc4cc(C)c(OC)c(O)c41)[C@@H]3C#N)OCO2. The minimum absolute atomic E-state index is 0. The fourth-order valence-electron chi connectivity index (χ4n) is 22.0. The van der Waals surface area contributed by atoms with Gasteiger partial charge in [0.2, 0.25) is 13.6 Å². The summed E-state index contributed by atoms with van der Waals surface area (Å²) in [5, 5.41) is 78.3. The zero-order valence-corrected chi connectivity index (χ0v) is 72.9. The van der Waals surface area contributed by atoms with Crippen LogP contribution >= 0.6 is 23.5 Å². The zero-order valence-electron chi connectivity index (χ0n) is 71.2. The molecule has 6 aromatic rings. The first-order chi connectivity index (χ1) is 59.6. The van der Waals surface area contributed by atoms with Crippen LogP contribution in [0.3, 0.4) is 0 Å². The molecule has 0 aliphatic carbocycles. The van der Waals surface area contributed by atoms with Crippen LogP contribution in [-0.2, 0) is 65.4 Å². The van der Waals surface area contributed by atoms with E-state index in [0.29, 0.717) is 160 Å². The Hall–Kier alpha value is -10.0. The molecule has 14 atom stereocenters. The maximum absolute atomic E-state index is 15.0. The number of nitrogens with one attached hydrogen (secondary N) is 3. The Balaban J connectivity index is 0.000000211. The summed E-state index contributed by atoms with van der Waals surface area (Å²) < 4.78 is 73.8. The maximum Gasteiger partial charge on any atom is 0.331 e. The van der Waals surface area contributed by atoms with Gasteiger partial charge in [-0.1, -0.05) is 113 Å². The summed E-state index contributed by atoms with van der Waals surface area (Å²) in [6.45, 7) is 16.8. The topological polar surface area (TPSA) is 353 Å². The number of carbonyl (C=O) groups excluding carboxylic acids is 4. The van der Waals surface area contributed by atoms with Crippen LogP contribution in [0, 0.1) is 50.4 Å². The van der Waals surface area contributed by atoms with Crippen molar-refractivity contribution in [1.29, 1.82) is 10.5 Å². The molecule has 4 fully saturated rings. The largest absolute Gasteiger partial charge is 0.504 e. The normalized spacial score (nSPS) is 26.1. The lowest BCUT2D eigenvalue weighted by atomic mass is 9.71. The molecule has 14 aliphatic rings. The van der Waals surface area contributed by atoms with Gasteiger partial charge in [0.25, 0.3) is 0 Å². The van der Waals surface area contributed by atoms with Gasteiger partial charge < -0.3 is 82.6 Å². The van der Waals surface area contributed by atoms with E-state index in [0.717, 1.165) is 84.7 Å². The van der Waals surface area contributed by atoms with Crippen LogP contribution in [0.4, 0.5) is 0 Å². The molecule has 20 rings (SSSR count). The number of hydrogen-bond donors (Lipinski definition) is 7. The fourth-order valence-corrected chi connectivity index (χ4v) is 25.4. The number of nitrogens with zero attached hydrogens (tertiary/aromatic N) is 5. The van der Waals surface area contributed by atoms with Crippen molar-refractivity contribution in [3.8, 4) is 92.6 Å². The summed E-state index contributed by atoms with van der Waals surface area (Å²) in [4.78, 5) is 64.4. The van der Waals surface area contributed by atoms with Crippen molar-refractivity contribution in [2.45, 2.75) is 256 Å². The van der Waals surface area contributed by atoms with Gasteiger partial charge in [0.05, 0.1) is 75.2 Å². The smallest absolute Gasteiger partial charge is 0.331 e. The number of ether oxygens (including phenoxy) is 12. The Bertz CT molecular complexity index is 5340. The van der Waals surface area contributed by atoms with Crippen molar-refractivity contribution in [2.75, 3.05) is 86.4 Å². The average molecular weight is 1790 g/mol. The van der Waals surface area contributed by atoms with Gasteiger partial charge in [0.15, 0.2) is 80.1 Å². The van der Waals surface area contributed by atoms with E-state index in [4.69, 9.17) is 56.8 Å². The molecule has 4 saturated heterocycles. The number of unbranched alkanes of at least 4 members (excludes halogenated alkanes) is 8. The molecule has 0 aromatic heterocycles. The van der Waals surface area contributed by atoms with Crippen molar-refractivity contribution >= 4 is 47.4 Å². The summed E-state index contributed by atoms with van der Waals surface area (Å²) in [6, 6.07) is 10.3. The number of fused-ring (bicyclic) bond motifs is 18. The van der Waals surface area contributed by atoms with Crippen LogP contribution in [0.15, 0.2) is 49.1 Å². The molecule has 8 bridgehead atoms. The Kier molecular flexibility index (Phi) is 28.6. The molecule has 684 valence electrons. The van der Waals surface area contributed by atoms with Crippen molar-refractivity contribution in [3.63, 3.8) is 0 Å². The van der Waals surface area contributed by atoms with Crippen LogP contribution in [0.2, 0.25) is 0 Å². The van der Waals surface area contributed by atoms with E-state index in [1.807, 2.05) is 39.8 Å². The van der Waals surface area contributed by atoms with Crippen molar-refractivity contribution < 1.29 is 96.4 Å². The predicted octanol–water partition coefficient (Wildman–Crippen LogP) is 15.4. The van der Waals surface area contributed by atoms with Crippen molar-refractivity contribution in [1.82, 2.24) is 30.7 Å². The lowest BCUT2D eigenvalue weighted by Crippen LogP contribution is -2.70. The number of methoxy groups -OCH3 is 4. The molecule has 7 N–H and O–H groups in total. The maximum atomic E-state index is 15.0. The van der Waals surface area contributed by atoms with Gasteiger partial charge in [-0.25, -0.2) is 9.59 Å². The predicted molar refractivity (Wildman–Crippen MR) is 483 cm³/mol. The zero-order chi connectivity index (χ0) is 86.4. The molecule has 0 radical (unpaired) electrons. The summed E-state index contributed by atoms with van der Waals surface area (Å²) in [5.41, 5.74) is 8.87. The minimum Gasteiger partial charge on any atom is -0.504 e. The first kappa shape index (κ1) is 94.6. The molecule has 0 amide bonds. The third-order valence-electron chi connectivity index (χ3n) is 27.4. The highest BCUT2D eigenvalue weighted by Gasteiger charge is 2.65. The second-order valence-electron chi connectivity index (χ2n) is 34.2. The van der Waals surface area contributed by atoms with E-state index in [9.17, 15) is 50.1 Å². The molecule has 14 aliphatic heterocycles. The molecule has 127 heavy (non-hydrogen) atoms. The molecule has 6 aromatic carbocycles. The number of benzene rings is 6. The Morgan fingerprint density at radius 2 is 1.00 bits per heavy atom. The monoisotopic (exact) mass is 1780 g/mol. The number of aryl methyl sites for hydroxylation is 2. The van der Waals surface area contributed by atoms with Crippen LogP contribution in [-0.4, -0.2) is 182 Å². The number of esters is 4. The Labute approximate surface area is 753 Å². The molecule has 2 unspecified atom stereocenters. The number of rotatable bonds is 20. The lowest BCUT2D eigenvalue weighted by molar-refractivity contribution is -0.157. The molecule has 30 heteroatoms. The second kappa shape index (κ2) is 38.3. The van der Waals surface area contributed by atoms with E-state index < -0.39 is 81.9 Å². The van der Waals surface area contributed by atoms with Crippen LogP contribution in [0.1, 0.15) is 244 Å². The first-order valence-corrected chi connectivity index (χ1v) is 45.2. The molecule has 0 saturated carbocycles. The summed E-state index contributed by atoms with van der Waals surface area (Å²) >= 11 is 2.99. The third-order valence-corrected chi connectivity index (χ3v) is 30.4. The first-order valence-electron chi connectivity index (χ1n) is 43.1. The summed E-state index contributed by atoms with van der Waals surface area (Å²) in [7, 11) is 6.03. The Morgan fingerprint density at radius 3 is 1.46 bits per heavy atom. The number of hydrogen-bond acceptors (Lipinski definition) is 30. The highest BCUT2D eigenvalue weighted by Crippen LogP contribution is 2.68. The van der Waals surface area contributed by atoms with E-state index >= 15 is 0 Å². The standard InChI is InChI=1S/C48H56N4O10S.C45H52N4O10S.4CH4/c1-7-9-10-11-12-13-35(54)62-43-26(4)44-45(61-24-60-44)37-32-22-59-47(56)48(29-20-34(57-5)33(53)19-27(29)14-15-50-48)23-63-46(38(37)43)40-39-36-28(17-25(3)42(58-6)41(36)55)18-30(51(39)16-8-2)31(21-49)52(32)40;1-6-7-8-9-10-11-32(51)59-40-23(3)41-42(58-21-57-41)34-29-19-56-44(53)45(26-17-31(54-4)30(50)16-24(26)12-13-47-45)20-60-43(35(34)40)37-36-33-25(14-22(2)39(55-5)38(33)52)15-27(48-36)28(18-46)49(29)37;;;;/h8,17,19-20,30-32,39-40,46,50,53,55H,2,7,9-16,18,22-24H2,1,3-6H3;14,16-17,27-29,36-37,43,47-48,50,52H,6-13,15,19-21H2,1-5H3;4*1H4/t30-,31-,32-,39+,40?,46+,48+;27-,28-,29-,36+,37?,43+,45+;;;;/m00..../s1. The number of aromatic hydroxyl groups is 4. The van der Waals surface area contributed by atoms with Gasteiger partial charge in [0, 0.05) is 113 Å². The summed E-state index contributed by atoms with van der Waals surface area (Å²) in [6.07, 6.45) is 14.0. The highest BCUT2D eigenvalue weighted by atomic mass is 32.2.